The maximum absolute atomic E-state index is 13.4. The Kier molecular flexibility index (Phi) is 4.34. The molecule has 0 aromatic heterocycles. The van der Waals surface area contributed by atoms with E-state index in [4.69, 9.17) is 0 Å². The Balaban J connectivity index is 2.29. The summed E-state index contributed by atoms with van der Waals surface area (Å²) in [6.07, 6.45) is 5.02. The van der Waals surface area contributed by atoms with E-state index in [1.807, 2.05) is 13.0 Å². The number of hydrogen-bond acceptors (Lipinski definition) is 2. The fraction of sp³-hybridized carbons (Fsp3) is 0.533. The third-order valence-corrected chi connectivity index (χ3v) is 3.67. The molecule has 0 amide bonds. The van der Waals surface area contributed by atoms with Crippen LogP contribution < -0.4 is 4.90 Å². The molecule has 1 aromatic carbocycles. The maximum Gasteiger partial charge on any atom is 0.123 e. The number of nitrogens with zero attached hydrogens (tertiary/aromatic N) is 1. The number of benzene rings is 1. The molecule has 1 unspecified atom stereocenters. The minimum atomic E-state index is -0.219. The van der Waals surface area contributed by atoms with Crippen LogP contribution in [0.3, 0.4) is 0 Å². The SMILES string of the molecule is CC(CC=O)c1cc(F)ccc1N1CCCCC1. The zero-order valence-electron chi connectivity index (χ0n) is 10.9. The quantitative estimate of drug-likeness (QED) is 0.761. The van der Waals surface area contributed by atoms with Crippen molar-refractivity contribution < 1.29 is 9.18 Å². The second-order valence-electron chi connectivity index (χ2n) is 5.05. The lowest BCUT2D eigenvalue weighted by Gasteiger charge is -2.31. The summed E-state index contributed by atoms with van der Waals surface area (Å²) in [7, 11) is 0. The summed E-state index contributed by atoms with van der Waals surface area (Å²) in [5.41, 5.74) is 2.06. The molecule has 2 rings (SSSR count). The van der Waals surface area contributed by atoms with Crippen LogP contribution in [-0.4, -0.2) is 19.4 Å². The Labute approximate surface area is 108 Å². The number of carbonyl (C=O) groups excluding carboxylic acids is 1. The van der Waals surface area contributed by atoms with Crippen LogP contribution >= 0.6 is 0 Å². The molecule has 0 spiro atoms. The molecule has 1 aromatic rings. The Morgan fingerprint density at radius 2 is 2.06 bits per heavy atom. The molecule has 1 saturated heterocycles. The molecule has 3 heteroatoms. The molecule has 2 nitrogen and oxygen atoms in total. The normalized spacial score (nSPS) is 17.6. The van der Waals surface area contributed by atoms with Gasteiger partial charge in [-0.1, -0.05) is 6.92 Å². The summed E-state index contributed by atoms with van der Waals surface area (Å²) >= 11 is 0. The van der Waals surface area contributed by atoms with Gasteiger partial charge >= 0.3 is 0 Å². The van der Waals surface area contributed by atoms with Crippen LogP contribution in [-0.2, 0) is 4.79 Å². The number of rotatable bonds is 4. The van der Waals surface area contributed by atoms with E-state index in [1.54, 1.807) is 6.07 Å². The minimum Gasteiger partial charge on any atom is -0.371 e. The van der Waals surface area contributed by atoms with Crippen molar-refractivity contribution in [1.82, 2.24) is 0 Å². The first kappa shape index (κ1) is 13.1. The van der Waals surface area contributed by atoms with Crippen molar-refractivity contribution in [3.05, 3.63) is 29.6 Å². The summed E-state index contributed by atoms with van der Waals surface area (Å²) < 4.78 is 13.4. The number of hydrogen-bond donors (Lipinski definition) is 0. The largest absolute Gasteiger partial charge is 0.371 e. The third kappa shape index (κ3) is 2.89. The lowest BCUT2D eigenvalue weighted by atomic mass is 9.95. The summed E-state index contributed by atoms with van der Waals surface area (Å²) in [5.74, 6) is -0.140. The van der Waals surface area contributed by atoms with Crippen LogP contribution in [0, 0.1) is 5.82 Å². The first-order chi connectivity index (χ1) is 8.72. The van der Waals surface area contributed by atoms with Crippen molar-refractivity contribution in [2.45, 2.75) is 38.5 Å². The smallest absolute Gasteiger partial charge is 0.123 e. The lowest BCUT2D eigenvalue weighted by Crippen LogP contribution is -2.30. The van der Waals surface area contributed by atoms with E-state index in [2.05, 4.69) is 4.90 Å². The summed E-state index contributed by atoms with van der Waals surface area (Å²) in [6.45, 7) is 4.05. The van der Waals surface area contributed by atoms with Crippen molar-refractivity contribution in [1.29, 1.82) is 0 Å². The van der Waals surface area contributed by atoms with Gasteiger partial charge in [-0.25, -0.2) is 4.39 Å². The van der Waals surface area contributed by atoms with Crippen LogP contribution in [0.25, 0.3) is 0 Å². The van der Waals surface area contributed by atoms with Crippen molar-refractivity contribution in [3.63, 3.8) is 0 Å². The summed E-state index contributed by atoms with van der Waals surface area (Å²) in [4.78, 5) is 13.0. The molecular formula is C15H20FNO. The highest BCUT2D eigenvalue weighted by Gasteiger charge is 2.18. The first-order valence-electron chi connectivity index (χ1n) is 6.70. The average molecular weight is 249 g/mol. The van der Waals surface area contributed by atoms with Crippen LogP contribution in [0.2, 0.25) is 0 Å². The van der Waals surface area contributed by atoms with Crippen LogP contribution in [0.4, 0.5) is 10.1 Å². The fourth-order valence-corrected chi connectivity index (χ4v) is 2.61. The fourth-order valence-electron chi connectivity index (χ4n) is 2.61. The molecule has 1 heterocycles. The number of halogens is 1. The van der Waals surface area contributed by atoms with Gasteiger partial charge in [-0.2, -0.15) is 0 Å². The zero-order chi connectivity index (χ0) is 13.0. The second-order valence-corrected chi connectivity index (χ2v) is 5.05. The van der Waals surface area contributed by atoms with E-state index in [1.165, 1.54) is 25.3 Å². The summed E-state index contributed by atoms with van der Waals surface area (Å²) in [5, 5.41) is 0. The van der Waals surface area contributed by atoms with E-state index < -0.39 is 0 Å². The summed E-state index contributed by atoms with van der Waals surface area (Å²) in [6, 6.07) is 4.95. The van der Waals surface area contributed by atoms with Crippen LogP contribution in [0.5, 0.6) is 0 Å². The highest BCUT2D eigenvalue weighted by Crippen LogP contribution is 2.31. The van der Waals surface area contributed by atoms with Gasteiger partial charge in [-0.15, -0.1) is 0 Å². The van der Waals surface area contributed by atoms with Crippen molar-refractivity contribution in [3.8, 4) is 0 Å². The van der Waals surface area contributed by atoms with Gasteiger partial charge in [0.25, 0.3) is 0 Å². The van der Waals surface area contributed by atoms with Gasteiger partial charge in [-0.05, 0) is 48.9 Å². The number of piperidine rings is 1. The second kappa shape index (κ2) is 5.98. The Hall–Kier alpha value is -1.38. The monoisotopic (exact) mass is 249 g/mol. The Morgan fingerprint density at radius 3 is 2.72 bits per heavy atom. The predicted molar refractivity (Wildman–Crippen MR) is 71.6 cm³/mol. The van der Waals surface area contributed by atoms with Crippen molar-refractivity contribution >= 4 is 12.0 Å². The minimum absolute atomic E-state index is 0.0788. The molecule has 1 fully saturated rings. The van der Waals surface area contributed by atoms with E-state index in [0.29, 0.717) is 6.42 Å². The number of anilines is 1. The Bertz CT molecular complexity index is 413. The molecule has 18 heavy (non-hydrogen) atoms. The van der Waals surface area contributed by atoms with Gasteiger partial charge in [0, 0.05) is 25.2 Å². The topological polar surface area (TPSA) is 20.3 Å². The van der Waals surface area contributed by atoms with Crippen molar-refractivity contribution in [2.24, 2.45) is 0 Å². The molecule has 98 valence electrons. The van der Waals surface area contributed by atoms with Gasteiger partial charge < -0.3 is 9.69 Å². The molecule has 0 saturated carbocycles. The molecule has 0 bridgehead atoms. The van der Waals surface area contributed by atoms with Gasteiger partial charge in [0.05, 0.1) is 0 Å². The Morgan fingerprint density at radius 1 is 1.33 bits per heavy atom. The average Bonchev–Trinajstić information content (AvgIpc) is 2.40. The molecular weight excluding hydrogens is 229 g/mol. The lowest BCUT2D eigenvalue weighted by molar-refractivity contribution is -0.108. The molecule has 0 N–H and O–H groups in total. The van der Waals surface area contributed by atoms with E-state index in [-0.39, 0.29) is 11.7 Å². The predicted octanol–water partition coefficient (Wildman–Crippen LogP) is 3.51. The molecule has 1 aliphatic heterocycles. The number of carbonyl (C=O) groups is 1. The van der Waals surface area contributed by atoms with Gasteiger partial charge in [0.2, 0.25) is 0 Å². The highest BCUT2D eigenvalue weighted by atomic mass is 19.1. The molecule has 1 aliphatic rings. The van der Waals surface area contributed by atoms with Gasteiger partial charge in [-0.3, -0.25) is 0 Å². The van der Waals surface area contributed by atoms with E-state index in [9.17, 15) is 9.18 Å². The van der Waals surface area contributed by atoms with Gasteiger partial charge in [0.15, 0.2) is 0 Å². The van der Waals surface area contributed by atoms with Crippen molar-refractivity contribution in [2.75, 3.05) is 18.0 Å². The standard InChI is InChI=1S/C15H20FNO/c1-12(7-10-18)14-11-13(16)5-6-15(14)17-8-3-2-4-9-17/h5-6,10-12H,2-4,7-9H2,1H3. The number of aldehydes is 1. The molecule has 0 aliphatic carbocycles. The highest BCUT2D eigenvalue weighted by molar-refractivity contribution is 5.59. The van der Waals surface area contributed by atoms with Gasteiger partial charge in [0.1, 0.15) is 12.1 Å². The van der Waals surface area contributed by atoms with Crippen LogP contribution in [0.15, 0.2) is 18.2 Å². The van der Waals surface area contributed by atoms with Crippen LogP contribution in [0.1, 0.15) is 44.1 Å². The first-order valence-corrected chi connectivity index (χ1v) is 6.70. The maximum atomic E-state index is 13.4. The third-order valence-electron chi connectivity index (χ3n) is 3.67. The zero-order valence-corrected chi connectivity index (χ0v) is 10.9. The van der Waals surface area contributed by atoms with E-state index in [0.717, 1.165) is 30.6 Å². The van der Waals surface area contributed by atoms with E-state index >= 15 is 0 Å². The molecule has 1 atom stereocenters. The molecule has 0 radical (unpaired) electrons.